The zero-order valence-corrected chi connectivity index (χ0v) is 16.6. The molecule has 0 radical (unpaired) electrons. The molecule has 2 saturated heterocycles. The van der Waals surface area contributed by atoms with E-state index in [4.69, 9.17) is 4.74 Å². The zero-order chi connectivity index (χ0) is 19.9. The van der Waals surface area contributed by atoms with E-state index in [-0.39, 0.29) is 12.0 Å². The number of benzene rings is 1. The molecule has 28 heavy (non-hydrogen) atoms. The summed E-state index contributed by atoms with van der Waals surface area (Å²) in [5.74, 6) is 0.00189. The fourth-order valence-electron chi connectivity index (χ4n) is 4.23. The summed E-state index contributed by atoms with van der Waals surface area (Å²) in [6.45, 7) is 8.59. The largest absolute Gasteiger partial charge is 0.447 e. The summed E-state index contributed by atoms with van der Waals surface area (Å²) >= 11 is 0. The van der Waals surface area contributed by atoms with Crippen LogP contribution < -0.4 is 0 Å². The Balaban J connectivity index is 1.52. The van der Waals surface area contributed by atoms with Crippen molar-refractivity contribution in [3.05, 3.63) is 52.8 Å². The molecule has 1 aromatic heterocycles. The molecule has 2 fully saturated rings. The second-order valence-corrected chi connectivity index (χ2v) is 7.80. The molecule has 2 aliphatic heterocycles. The standard InChI is InChI=1S/C21H26N4O3/c1-4-21-13-23(8-9-24(21)20(27)28-14-21)19(26)18-7-5-6-17(11-18)12-25-16(3)10-15(2)22-25/h5-7,10-11H,4,8-9,12-14H2,1-3H3. The van der Waals surface area contributed by atoms with Gasteiger partial charge in [-0.05, 0) is 44.0 Å². The van der Waals surface area contributed by atoms with Crippen molar-refractivity contribution >= 4 is 12.0 Å². The Labute approximate surface area is 164 Å². The number of carbonyl (C=O) groups excluding carboxylic acids is 2. The molecule has 4 rings (SSSR count). The number of rotatable bonds is 4. The van der Waals surface area contributed by atoms with Crippen LogP contribution >= 0.6 is 0 Å². The first-order chi connectivity index (χ1) is 13.4. The highest BCUT2D eigenvalue weighted by molar-refractivity contribution is 5.94. The van der Waals surface area contributed by atoms with E-state index < -0.39 is 5.54 Å². The smallest absolute Gasteiger partial charge is 0.410 e. The predicted octanol–water partition coefficient (Wildman–Crippen LogP) is 2.61. The Morgan fingerprint density at radius 2 is 2.07 bits per heavy atom. The number of amides is 2. The van der Waals surface area contributed by atoms with Gasteiger partial charge in [0.15, 0.2) is 0 Å². The highest BCUT2D eigenvalue weighted by Gasteiger charge is 2.50. The predicted molar refractivity (Wildman–Crippen MR) is 104 cm³/mol. The maximum Gasteiger partial charge on any atom is 0.410 e. The number of piperazine rings is 1. The number of fused-ring (bicyclic) bond motifs is 1. The van der Waals surface area contributed by atoms with Gasteiger partial charge < -0.3 is 9.64 Å². The number of aryl methyl sites for hydroxylation is 2. The van der Waals surface area contributed by atoms with Crippen LogP contribution in [0.4, 0.5) is 4.79 Å². The Hall–Kier alpha value is -2.83. The molecule has 0 saturated carbocycles. The van der Waals surface area contributed by atoms with Gasteiger partial charge in [-0.1, -0.05) is 19.1 Å². The van der Waals surface area contributed by atoms with Crippen LogP contribution in [0, 0.1) is 13.8 Å². The van der Waals surface area contributed by atoms with Gasteiger partial charge in [-0.2, -0.15) is 5.10 Å². The number of hydrogen-bond acceptors (Lipinski definition) is 4. The summed E-state index contributed by atoms with van der Waals surface area (Å²) in [5, 5.41) is 4.50. The molecule has 2 amide bonds. The third kappa shape index (κ3) is 3.15. The molecule has 2 aliphatic rings. The Morgan fingerprint density at radius 1 is 1.25 bits per heavy atom. The Morgan fingerprint density at radius 3 is 2.79 bits per heavy atom. The summed E-state index contributed by atoms with van der Waals surface area (Å²) in [4.78, 5) is 28.8. The number of aromatic nitrogens is 2. The number of carbonyl (C=O) groups is 2. The molecule has 148 valence electrons. The number of hydrogen-bond donors (Lipinski definition) is 0. The van der Waals surface area contributed by atoms with Gasteiger partial charge in [0.1, 0.15) is 6.61 Å². The third-order valence-corrected chi connectivity index (χ3v) is 5.89. The minimum Gasteiger partial charge on any atom is -0.447 e. The summed E-state index contributed by atoms with van der Waals surface area (Å²) in [7, 11) is 0. The zero-order valence-electron chi connectivity index (χ0n) is 16.6. The first kappa shape index (κ1) is 18.5. The third-order valence-electron chi connectivity index (χ3n) is 5.89. The first-order valence-corrected chi connectivity index (χ1v) is 9.75. The molecule has 0 spiro atoms. The van der Waals surface area contributed by atoms with E-state index in [2.05, 4.69) is 5.10 Å². The lowest BCUT2D eigenvalue weighted by Gasteiger charge is -2.44. The Kier molecular flexibility index (Phi) is 4.61. The molecule has 3 heterocycles. The van der Waals surface area contributed by atoms with E-state index in [0.29, 0.717) is 38.3 Å². The van der Waals surface area contributed by atoms with Crippen LogP contribution in [0.25, 0.3) is 0 Å². The quantitative estimate of drug-likeness (QED) is 0.815. The summed E-state index contributed by atoms with van der Waals surface area (Å²) < 4.78 is 7.22. The van der Waals surface area contributed by atoms with Crippen molar-refractivity contribution in [2.24, 2.45) is 0 Å². The van der Waals surface area contributed by atoms with E-state index in [9.17, 15) is 9.59 Å². The van der Waals surface area contributed by atoms with E-state index >= 15 is 0 Å². The van der Waals surface area contributed by atoms with Crippen molar-refractivity contribution in [1.82, 2.24) is 19.6 Å². The van der Waals surface area contributed by atoms with Crippen molar-refractivity contribution in [2.75, 3.05) is 26.2 Å². The summed E-state index contributed by atoms with van der Waals surface area (Å²) in [5.41, 5.74) is 3.40. The lowest BCUT2D eigenvalue weighted by atomic mass is 9.92. The molecule has 7 heteroatoms. The van der Waals surface area contributed by atoms with Gasteiger partial charge in [0, 0.05) is 30.9 Å². The lowest BCUT2D eigenvalue weighted by molar-refractivity contribution is 0.0361. The minimum absolute atomic E-state index is 0.00189. The molecule has 1 atom stereocenters. The normalized spacial score (nSPS) is 21.6. The fraction of sp³-hybridized carbons (Fsp3) is 0.476. The average Bonchev–Trinajstić information content (AvgIpc) is 3.20. The molecule has 7 nitrogen and oxygen atoms in total. The average molecular weight is 382 g/mol. The van der Waals surface area contributed by atoms with Crippen molar-refractivity contribution in [3.8, 4) is 0 Å². The molecule has 1 unspecified atom stereocenters. The van der Waals surface area contributed by atoms with Gasteiger partial charge in [-0.3, -0.25) is 14.4 Å². The van der Waals surface area contributed by atoms with Crippen LogP contribution in [0.1, 0.15) is 40.7 Å². The molecule has 0 N–H and O–H groups in total. The molecular weight excluding hydrogens is 356 g/mol. The number of nitrogens with zero attached hydrogens (tertiary/aromatic N) is 4. The van der Waals surface area contributed by atoms with E-state index in [0.717, 1.165) is 23.4 Å². The highest BCUT2D eigenvalue weighted by atomic mass is 16.6. The second-order valence-electron chi connectivity index (χ2n) is 7.80. The van der Waals surface area contributed by atoms with Crippen molar-refractivity contribution in [3.63, 3.8) is 0 Å². The molecule has 0 bridgehead atoms. The van der Waals surface area contributed by atoms with E-state index in [1.807, 2.05) is 60.7 Å². The van der Waals surface area contributed by atoms with E-state index in [1.165, 1.54) is 0 Å². The van der Waals surface area contributed by atoms with Crippen LogP contribution in [0.3, 0.4) is 0 Å². The van der Waals surface area contributed by atoms with Crippen LogP contribution in [-0.2, 0) is 11.3 Å². The van der Waals surface area contributed by atoms with Gasteiger partial charge in [0.25, 0.3) is 5.91 Å². The van der Waals surface area contributed by atoms with Crippen molar-refractivity contribution in [2.45, 2.75) is 39.3 Å². The van der Waals surface area contributed by atoms with Gasteiger partial charge in [-0.15, -0.1) is 0 Å². The van der Waals surface area contributed by atoms with Gasteiger partial charge in [0.2, 0.25) is 0 Å². The molecule has 1 aromatic carbocycles. The van der Waals surface area contributed by atoms with E-state index in [1.54, 1.807) is 4.90 Å². The van der Waals surface area contributed by atoms with Gasteiger partial charge in [0.05, 0.1) is 17.8 Å². The summed E-state index contributed by atoms with van der Waals surface area (Å²) in [6.07, 6.45) is 0.501. The van der Waals surface area contributed by atoms with Crippen molar-refractivity contribution < 1.29 is 14.3 Å². The highest BCUT2D eigenvalue weighted by Crippen LogP contribution is 2.32. The lowest BCUT2D eigenvalue weighted by Crippen LogP contribution is -2.62. The van der Waals surface area contributed by atoms with Gasteiger partial charge in [-0.25, -0.2) is 4.79 Å². The van der Waals surface area contributed by atoms with Crippen LogP contribution in [-0.4, -0.2) is 63.4 Å². The topological polar surface area (TPSA) is 67.7 Å². The fourth-order valence-corrected chi connectivity index (χ4v) is 4.23. The first-order valence-electron chi connectivity index (χ1n) is 9.75. The van der Waals surface area contributed by atoms with Crippen LogP contribution in [0.15, 0.2) is 30.3 Å². The SMILES string of the molecule is CCC12COC(=O)N1CCN(C(=O)c1cccc(Cn3nc(C)cc3C)c1)C2. The number of ether oxygens (including phenoxy) is 1. The summed E-state index contributed by atoms with van der Waals surface area (Å²) in [6, 6.07) is 9.78. The van der Waals surface area contributed by atoms with Gasteiger partial charge >= 0.3 is 6.09 Å². The van der Waals surface area contributed by atoms with Crippen molar-refractivity contribution in [1.29, 1.82) is 0 Å². The van der Waals surface area contributed by atoms with Crippen LogP contribution in [0.2, 0.25) is 0 Å². The number of cyclic esters (lactones) is 1. The maximum atomic E-state index is 13.2. The molecule has 2 aromatic rings. The van der Waals surface area contributed by atoms with Crippen LogP contribution in [0.5, 0.6) is 0 Å². The molecule has 0 aliphatic carbocycles. The molecular formula is C21H26N4O3. The monoisotopic (exact) mass is 382 g/mol. The maximum absolute atomic E-state index is 13.2. The Bertz CT molecular complexity index is 922. The second kappa shape index (κ2) is 6.96. The minimum atomic E-state index is -0.397.